The largest absolute Gasteiger partial charge is 0.364 e. The number of aryl methyl sites for hydroxylation is 2. The van der Waals surface area contributed by atoms with Crippen LogP contribution in [0.5, 0.6) is 0 Å². The van der Waals surface area contributed by atoms with Crippen molar-refractivity contribution >= 4 is 29.1 Å². The van der Waals surface area contributed by atoms with Gasteiger partial charge < -0.3 is 10.6 Å². The fourth-order valence-corrected chi connectivity index (χ4v) is 4.91. The molecule has 2 amide bonds. The molecule has 2 aromatic rings. The second-order valence-electron chi connectivity index (χ2n) is 7.58. The zero-order valence-electron chi connectivity index (χ0n) is 16.6. The summed E-state index contributed by atoms with van der Waals surface area (Å²) in [5.41, 5.74) is 6.30. The Bertz CT molecular complexity index is 923. The first-order chi connectivity index (χ1) is 13.9. The highest BCUT2D eigenvalue weighted by Gasteiger charge is 2.37. The molecule has 0 aromatic carbocycles. The Morgan fingerprint density at radius 1 is 1.21 bits per heavy atom. The van der Waals surface area contributed by atoms with E-state index in [0.717, 1.165) is 6.42 Å². The Hall–Kier alpha value is -2.52. The van der Waals surface area contributed by atoms with Gasteiger partial charge >= 0.3 is 0 Å². The topological polar surface area (TPSA) is 102 Å². The number of amides is 2. The average molecular weight is 416 g/mol. The van der Waals surface area contributed by atoms with E-state index in [0.29, 0.717) is 44.0 Å². The number of nitrogens with zero attached hydrogens (tertiary/aromatic N) is 4. The van der Waals surface area contributed by atoms with Gasteiger partial charge in [0.05, 0.1) is 12.6 Å². The van der Waals surface area contributed by atoms with Gasteiger partial charge in [0.2, 0.25) is 11.9 Å². The smallest absolute Gasteiger partial charge is 0.267 e. The second kappa shape index (κ2) is 8.08. The van der Waals surface area contributed by atoms with Crippen LogP contribution in [-0.2, 0) is 9.63 Å². The van der Waals surface area contributed by atoms with E-state index in [1.807, 2.05) is 4.90 Å². The molecule has 4 heterocycles. The van der Waals surface area contributed by atoms with Gasteiger partial charge in [-0.1, -0.05) is 0 Å². The summed E-state index contributed by atoms with van der Waals surface area (Å²) in [6.07, 6.45) is 3.83. The summed E-state index contributed by atoms with van der Waals surface area (Å²) >= 11 is 1.72. The van der Waals surface area contributed by atoms with Crippen LogP contribution in [0.2, 0.25) is 0 Å². The van der Waals surface area contributed by atoms with Crippen LogP contribution in [0.1, 0.15) is 51.1 Å². The molecule has 0 aliphatic carbocycles. The lowest BCUT2D eigenvalue weighted by Crippen LogP contribution is -2.42. The molecule has 1 atom stereocenters. The van der Waals surface area contributed by atoms with Crippen LogP contribution in [0.3, 0.4) is 0 Å². The number of hydrogen-bond acceptors (Lipinski definition) is 7. The summed E-state index contributed by atoms with van der Waals surface area (Å²) in [5, 5.41) is 1.60. The molecule has 9 heteroatoms. The molecular weight excluding hydrogens is 390 g/mol. The van der Waals surface area contributed by atoms with Crippen molar-refractivity contribution in [3.05, 3.63) is 39.3 Å². The van der Waals surface area contributed by atoms with E-state index in [9.17, 15) is 9.59 Å². The van der Waals surface area contributed by atoms with E-state index in [2.05, 4.69) is 29.0 Å². The predicted octanol–water partition coefficient (Wildman–Crippen LogP) is 2.38. The second-order valence-corrected chi connectivity index (χ2v) is 8.90. The number of hydroxylamine groups is 2. The van der Waals surface area contributed by atoms with Crippen molar-refractivity contribution in [2.75, 3.05) is 24.6 Å². The predicted molar refractivity (Wildman–Crippen MR) is 109 cm³/mol. The number of rotatable bonds is 4. The molecule has 4 rings (SSSR count). The number of anilines is 1. The molecule has 0 bridgehead atoms. The van der Waals surface area contributed by atoms with Gasteiger partial charge in [0.15, 0.2) is 0 Å². The SMILES string of the molecule is Cc1ccc([C@@H]2CCON2C(=O)C2CCN(c3ncc(C)c(C(N)=O)n3)CC2)s1. The van der Waals surface area contributed by atoms with Crippen LogP contribution < -0.4 is 10.6 Å². The van der Waals surface area contributed by atoms with E-state index in [1.165, 1.54) is 9.75 Å². The number of primary amides is 1. The van der Waals surface area contributed by atoms with Gasteiger partial charge in [0.25, 0.3) is 5.91 Å². The fraction of sp³-hybridized carbons (Fsp3) is 0.500. The minimum Gasteiger partial charge on any atom is -0.364 e. The van der Waals surface area contributed by atoms with Crippen molar-refractivity contribution in [1.29, 1.82) is 0 Å². The average Bonchev–Trinajstić information content (AvgIpc) is 3.36. The van der Waals surface area contributed by atoms with Crippen LogP contribution >= 0.6 is 11.3 Å². The molecule has 2 aliphatic heterocycles. The number of piperidine rings is 1. The molecule has 0 unspecified atom stereocenters. The standard InChI is InChI=1S/C20H25N5O3S/c1-12-11-22-20(23-17(12)18(21)26)24-8-5-14(6-9-24)19(27)25-15(7-10-28-25)16-4-3-13(2)29-16/h3-4,11,14-15H,5-10H2,1-2H3,(H2,21,26)/t15-/m0/s1. The lowest BCUT2D eigenvalue weighted by molar-refractivity contribution is -0.182. The number of aromatic nitrogens is 2. The van der Waals surface area contributed by atoms with Crippen LogP contribution in [0.15, 0.2) is 18.3 Å². The Labute approximate surface area is 173 Å². The maximum absolute atomic E-state index is 13.1. The lowest BCUT2D eigenvalue weighted by atomic mass is 9.95. The minimum absolute atomic E-state index is 0.0118. The van der Waals surface area contributed by atoms with E-state index in [4.69, 9.17) is 10.6 Å². The van der Waals surface area contributed by atoms with Crippen molar-refractivity contribution in [3.8, 4) is 0 Å². The first-order valence-electron chi connectivity index (χ1n) is 9.84. The normalized spacial score (nSPS) is 20.3. The summed E-state index contributed by atoms with van der Waals surface area (Å²) in [4.78, 5) is 43.4. The minimum atomic E-state index is -0.558. The third kappa shape index (κ3) is 3.97. The fourth-order valence-electron chi connectivity index (χ4n) is 3.92. The molecule has 2 N–H and O–H groups in total. The van der Waals surface area contributed by atoms with Crippen LogP contribution in [0.25, 0.3) is 0 Å². The van der Waals surface area contributed by atoms with Gasteiger partial charge in [-0.2, -0.15) is 0 Å². The molecule has 2 saturated heterocycles. The highest BCUT2D eigenvalue weighted by Crippen LogP contribution is 2.36. The number of carbonyl (C=O) groups is 2. The first-order valence-corrected chi connectivity index (χ1v) is 10.7. The summed E-state index contributed by atoms with van der Waals surface area (Å²) < 4.78 is 0. The van der Waals surface area contributed by atoms with Gasteiger partial charge in [0, 0.05) is 41.4 Å². The zero-order valence-corrected chi connectivity index (χ0v) is 17.4. The third-order valence-corrected chi connectivity index (χ3v) is 6.63. The van der Waals surface area contributed by atoms with Crippen LogP contribution in [0.4, 0.5) is 5.95 Å². The Balaban J connectivity index is 1.41. The highest BCUT2D eigenvalue weighted by atomic mass is 32.1. The maximum Gasteiger partial charge on any atom is 0.267 e. The van der Waals surface area contributed by atoms with Gasteiger partial charge in [0.1, 0.15) is 5.69 Å². The van der Waals surface area contributed by atoms with Crippen molar-refractivity contribution in [2.24, 2.45) is 11.7 Å². The van der Waals surface area contributed by atoms with Crippen molar-refractivity contribution in [2.45, 2.75) is 39.2 Å². The summed E-state index contributed by atoms with van der Waals surface area (Å²) in [7, 11) is 0. The highest BCUT2D eigenvalue weighted by molar-refractivity contribution is 7.12. The van der Waals surface area contributed by atoms with Gasteiger partial charge in [-0.3, -0.25) is 14.4 Å². The zero-order chi connectivity index (χ0) is 20.5. The monoisotopic (exact) mass is 415 g/mol. The molecule has 0 spiro atoms. The van der Waals surface area contributed by atoms with Gasteiger partial charge in [-0.25, -0.2) is 15.0 Å². The number of nitrogens with two attached hydrogens (primary N) is 1. The molecular formula is C20H25N5O3S. The Morgan fingerprint density at radius 3 is 2.62 bits per heavy atom. The van der Waals surface area contributed by atoms with E-state index < -0.39 is 5.91 Å². The quantitative estimate of drug-likeness (QED) is 0.823. The molecule has 2 aromatic heterocycles. The number of hydrogen-bond donors (Lipinski definition) is 1. The molecule has 0 saturated carbocycles. The number of carbonyl (C=O) groups excluding carboxylic acids is 2. The Kier molecular flexibility index (Phi) is 5.51. The third-order valence-electron chi connectivity index (χ3n) is 5.53. The molecule has 154 valence electrons. The number of thiophene rings is 1. The van der Waals surface area contributed by atoms with Crippen molar-refractivity contribution < 1.29 is 14.4 Å². The van der Waals surface area contributed by atoms with Gasteiger partial charge in [-0.15, -0.1) is 11.3 Å². The van der Waals surface area contributed by atoms with E-state index >= 15 is 0 Å². The van der Waals surface area contributed by atoms with Crippen molar-refractivity contribution in [1.82, 2.24) is 15.0 Å². The molecule has 2 aliphatic rings. The molecule has 8 nitrogen and oxygen atoms in total. The van der Waals surface area contributed by atoms with Crippen molar-refractivity contribution in [3.63, 3.8) is 0 Å². The summed E-state index contributed by atoms with van der Waals surface area (Å²) in [5.74, 6) is -0.105. The molecule has 0 radical (unpaired) electrons. The van der Waals surface area contributed by atoms with E-state index in [-0.39, 0.29) is 23.6 Å². The van der Waals surface area contributed by atoms with Crippen LogP contribution in [0, 0.1) is 19.8 Å². The molecule has 29 heavy (non-hydrogen) atoms. The molecule has 2 fully saturated rings. The lowest BCUT2D eigenvalue weighted by Gasteiger charge is -2.34. The summed E-state index contributed by atoms with van der Waals surface area (Å²) in [6.45, 7) is 5.70. The van der Waals surface area contributed by atoms with E-state index in [1.54, 1.807) is 29.5 Å². The Morgan fingerprint density at radius 2 is 1.97 bits per heavy atom. The summed E-state index contributed by atoms with van der Waals surface area (Å²) in [6, 6.07) is 4.19. The maximum atomic E-state index is 13.1. The first kappa shape index (κ1) is 19.8. The van der Waals surface area contributed by atoms with Gasteiger partial charge in [-0.05, 0) is 44.4 Å². The van der Waals surface area contributed by atoms with Crippen LogP contribution in [-0.4, -0.2) is 46.5 Å².